The first kappa shape index (κ1) is 15.3. The molecule has 0 fully saturated rings. The standard InChI is InChI=1S/C22H18N2O/c1-25-22-18-14-8-9-15-19(18)23-21(24-22)20(16-10-4-2-5-11-16)17-12-6-3-7-13-17/h2-15,20H,1H3. The molecule has 25 heavy (non-hydrogen) atoms. The van der Waals surface area contributed by atoms with E-state index in [4.69, 9.17) is 14.7 Å². The monoisotopic (exact) mass is 326 g/mol. The number of hydrogen-bond donors (Lipinski definition) is 0. The molecule has 122 valence electrons. The lowest BCUT2D eigenvalue weighted by Gasteiger charge is -2.18. The summed E-state index contributed by atoms with van der Waals surface area (Å²) in [6, 6.07) is 28.6. The molecule has 3 heteroatoms. The van der Waals surface area contributed by atoms with Gasteiger partial charge >= 0.3 is 0 Å². The van der Waals surface area contributed by atoms with Crippen LogP contribution in [0.5, 0.6) is 5.88 Å². The molecule has 4 rings (SSSR count). The summed E-state index contributed by atoms with van der Waals surface area (Å²) < 4.78 is 5.54. The Labute approximate surface area is 147 Å². The zero-order valence-electron chi connectivity index (χ0n) is 14.0. The maximum Gasteiger partial charge on any atom is 0.224 e. The summed E-state index contributed by atoms with van der Waals surface area (Å²) in [6.45, 7) is 0. The predicted molar refractivity (Wildman–Crippen MR) is 99.9 cm³/mol. The summed E-state index contributed by atoms with van der Waals surface area (Å²) in [4.78, 5) is 9.58. The third-order valence-corrected chi connectivity index (χ3v) is 4.30. The second-order valence-corrected chi connectivity index (χ2v) is 5.86. The van der Waals surface area contributed by atoms with Gasteiger partial charge in [0.25, 0.3) is 0 Å². The Balaban J connectivity index is 1.95. The minimum Gasteiger partial charge on any atom is -0.480 e. The van der Waals surface area contributed by atoms with Gasteiger partial charge in [0, 0.05) is 0 Å². The van der Waals surface area contributed by atoms with Gasteiger partial charge in [-0.1, -0.05) is 72.8 Å². The van der Waals surface area contributed by atoms with Crippen LogP contribution in [0.15, 0.2) is 84.9 Å². The molecule has 0 N–H and O–H groups in total. The first-order chi connectivity index (χ1) is 12.4. The number of rotatable bonds is 4. The Morgan fingerprint density at radius 2 is 1.24 bits per heavy atom. The summed E-state index contributed by atoms with van der Waals surface area (Å²) in [7, 11) is 1.65. The molecule has 4 aromatic rings. The molecule has 0 spiro atoms. The van der Waals surface area contributed by atoms with Gasteiger partial charge in [-0.15, -0.1) is 0 Å². The first-order valence-electron chi connectivity index (χ1n) is 8.27. The molecule has 3 aromatic carbocycles. The topological polar surface area (TPSA) is 35.0 Å². The van der Waals surface area contributed by atoms with Crippen molar-refractivity contribution in [2.45, 2.75) is 5.92 Å². The van der Waals surface area contributed by atoms with Crippen LogP contribution in [0.2, 0.25) is 0 Å². The molecule has 0 unspecified atom stereocenters. The zero-order chi connectivity index (χ0) is 17.1. The number of ether oxygens (including phenoxy) is 1. The third kappa shape index (κ3) is 2.96. The molecule has 0 bridgehead atoms. The third-order valence-electron chi connectivity index (χ3n) is 4.30. The van der Waals surface area contributed by atoms with E-state index in [1.807, 2.05) is 60.7 Å². The van der Waals surface area contributed by atoms with Crippen LogP contribution >= 0.6 is 0 Å². The summed E-state index contributed by atoms with van der Waals surface area (Å²) in [5.41, 5.74) is 3.21. The molecule has 1 heterocycles. The van der Waals surface area contributed by atoms with Crippen LogP contribution < -0.4 is 4.74 Å². The Hall–Kier alpha value is -3.20. The zero-order valence-corrected chi connectivity index (χ0v) is 14.0. The van der Waals surface area contributed by atoms with Crippen molar-refractivity contribution in [2.75, 3.05) is 7.11 Å². The van der Waals surface area contributed by atoms with Crippen LogP contribution in [0.3, 0.4) is 0 Å². The number of nitrogens with zero attached hydrogens (tertiary/aromatic N) is 2. The SMILES string of the molecule is COc1nc(C(c2ccccc2)c2ccccc2)nc2ccccc12. The van der Waals surface area contributed by atoms with E-state index < -0.39 is 0 Å². The highest BCUT2D eigenvalue weighted by molar-refractivity contribution is 5.83. The van der Waals surface area contributed by atoms with Crippen LogP contribution in [0, 0.1) is 0 Å². The molecule has 0 aliphatic heterocycles. The van der Waals surface area contributed by atoms with Crippen LogP contribution in [-0.2, 0) is 0 Å². The Morgan fingerprint density at radius 1 is 0.680 bits per heavy atom. The van der Waals surface area contributed by atoms with Gasteiger partial charge in [-0.3, -0.25) is 0 Å². The maximum atomic E-state index is 5.54. The van der Waals surface area contributed by atoms with Crippen LogP contribution in [-0.4, -0.2) is 17.1 Å². The van der Waals surface area contributed by atoms with Gasteiger partial charge in [0.1, 0.15) is 5.82 Å². The lowest BCUT2D eigenvalue weighted by Crippen LogP contribution is -2.09. The average molecular weight is 326 g/mol. The van der Waals surface area contributed by atoms with Crippen molar-refractivity contribution in [3.8, 4) is 5.88 Å². The molecule has 0 aliphatic rings. The Bertz CT molecular complexity index is 945. The van der Waals surface area contributed by atoms with E-state index in [9.17, 15) is 0 Å². The smallest absolute Gasteiger partial charge is 0.224 e. The van der Waals surface area contributed by atoms with Gasteiger partial charge < -0.3 is 4.74 Å². The number of aromatic nitrogens is 2. The molecule has 0 saturated heterocycles. The largest absolute Gasteiger partial charge is 0.480 e. The van der Waals surface area contributed by atoms with E-state index in [1.54, 1.807) is 7.11 Å². The molecule has 0 radical (unpaired) electrons. The summed E-state index contributed by atoms with van der Waals surface area (Å²) >= 11 is 0. The van der Waals surface area contributed by atoms with Crippen LogP contribution in [0.25, 0.3) is 10.9 Å². The van der Waals surface area contributed by atoms with Crippen LogP contribution in [0.4, 0.5) is 0 Å². The fourth-order valence-electron chi connectivity index (χ4n) is 3.13. The van der Waals surface area contributed by atoms with Gasteiger partial charge in [0.2, 0.25) is 5.88 Å². The van der Waals surface area contributed by atoms with Crippen molar-refractivity contribution >= 4 is 10.9 Å². The quantitative estimate of drug-likeness (QED) is 0.539. The van der Waals surface area contributed by atoms with Crippen molar-refractivity contribution in [3.63, 3.8) is 0 Å². The lowest BCUT2D eigenvalue weighted by molar-refractivity contribution is 0.400. The van der Waals surface area contributed by atoms with E-state index in [1.165, 1.54) is 0 Å². The Morgan fingerprint density at radius 3 is 1.84 bits per heavy atom. The van der Waals surface area contributed by atoms with E-state index in [-0.39, 0.29) is 5.92 Å². The lowest BCUT2D eigenvalue weighted by atomic mass is 9.90. The van der Waals surface area contributed by atoms with Gasteiger partial charge in [0.05, 0.1) is 23.9 Å². The molecule has 0 atom stereocenters. The normalized spacial score (nSPS) is 11.0. The van der Waals surface area contributed by atoms with Crippen molar-refractivity contribution in [1.29, 1.82) is 0 Å². The highest BCUT2D eigenvalue weighted by Gasteiger charge is 2.21. The van der Waals surface area contributed by atoms with Crippen molar-refractivity contribution < 1.29 is 4.74 Å². The summed E-state index contributed by atoms with van der Waals surface area (Å²) in [5.74, 6) is 1.31. The minimum absolute atomic E-state index is 0.0408. The Kier molecular flexibility index (Phi) is 4.13. The van der Waals surface area contributed by atoms with Crippen molar-refractivity contribution in [1.82, 2.24) is 9.97 Å². The molecular weight excluding hydrogens is 308 g/mol. The molecule has 0 aliphatic carbocycles. The van der Waals surface area contributed by atoms with Gasteiger partial charge in [0.15, 0.2) is 0 Å². The summed E-state index contributed by atoms with van der Waals surface area (Å²) in [5, 5.41) is 0.925. The van der Waals surface area contributed by atoms with Gasteiger partial charge in [-0.2, -0.15) is 4.98 Å². The first-order valence-corrected chi connectivity index (χ1v) is 8.27. The second kappa shape index (κ2) is 6.73. The van der Waals surface area contributed by atoms with Gasteiger partial charge in [-0.25, -0.2) is 4.98 Å². The molecular formula is C22H18N2O. The van der Waals surface area contributed by atoms with E-state index in [2.05, 4.69) is 24.3 Å². The van der Waals surface area contributed by atoms with E-state index >= 15 is 0 Å². The number of methoxy groups -OCH3 is 1. The fraction of sp³-hybridized carbons (Fsp3) is 0.0909. The highest BCUT2D eigenvalue weighted by atomic mass is 16.5. The fourth-order valence-corrected chi connectivity index (χ4v) is 3.13. The number of benzene rings is 3. The molecule has 0 saturated carbocycles. The van der Waals surface area contributed by atoms with E-state index in [0.29, 0.717) is 5.88 Å². The molecule has 1 aromatic heterocycles. The average Bonchev–Trinajstić information content (AvgIpc) is 2.69. The van der Waals surface area contributed by atoms with E-state index in [0.717, 1.165) is 27.9 Å². The number of hydrogen-bond acceptors (Lipinski definition) is 3. The van der Waals surface area contributed by atoms with Gasteiger partial charge in [-0.05, 0) is 23.3 Å². The molecule has 0 amide bonds. The predicted octanol–water partition coefficient (Wildman–Crippen LogP) is 4.82. The maximum absolute atomic E-state index is 5.54. The van der Waals surface area contributed by atoms with Crippen molar-refractivity contribution in [2.24, 2.45) is 0 Å². The minimum atomic E-state index is -0.0408. The summed E-state index contributed by atoms with van der Waals surface area (Å²) in [6.07, 6.45) is 0. The number of fused-ring (bicyclic) bond motifs is 1. The highest BCUT2D eigenvalue weighted by Crippen LogP contribution is 2.32. The number of para-hydroxylation sites is 1. The van der Waals surface area contributed by atoms with Crippen LogP contribution in [0.1, 0.15) is 22.9 Å². The second-order valence-electron chi connectivity index (χ2n) is 5.86. The molecule has 3 nitrogen and oxygen atoms in total. The van der Waals surface area contributed by atoms with Crippen molar-refractivity contribution in [3.05, 3.63) is 102 Å².